The minimum atomic E-state index is 0.0484. The van der Waals surface area contributed by atoms with E-state index in [4.69, 9.17) is 4.74 Å². The maximum Gasteiger partial charge on any atom is 0.220 e. The van der Waals surface area contributed by atoms with E-state index >= 15 is 0 Å². The van der Waals surface area contributed by atoms with Crippen LogP contribution in [0.25, 0.3) is 0 Å². The van der Waals surface area contributed by atoms with E-state index in [0.29, 0.717) is 18.7 Å². The molecule has 1 aliphatic rings. The summed E-state index contributed by atoms with van der Waals surface area (Å²) in [6.07, 6.45) is 11.0. The zero-order valence-electron chi connectivity index (χ0n) is 16.6. The number of amides is 1. The van der Waals surface area contributed by atoms with Gasteiger partial charge in [-0.15, -0.1) is 11.8 Å². The van der Waals surface area contributed by atoms with Crippen molar-refractivity contribution in [3.05, 3.63) is 82.1 Å². The first-order chi connectivity index (χ1) is 13.7. The van der Waals surface area contributed by atoms with Crippen molar-refractivity contribution in [2.45, 2.75) is 32.6 Å². The number of hydrogen-bond acceptors (Lipinski definition) is 4. The number of carbonyl (C=O) groups excluding carboxylic acids is 1. The van der Waals surface area contributed by atoms with Crippen LogP contribution >= 0.6 is 11.8 Å². The van der Waals surface area contributed by atoms with Gasteiger partial charge in [0.25, 0.3) is 0 Å². The number of nitrogens with zero attached hydrogens (tertiary/aromatic N) is 1. The number of thioether (sulfide) groups is 1. The van der Waals surface area contributed by atoms with E-state index in [9.17, 15) is 4.79 Å². The van der Waals surface area contributed by atoms with Gasteiger partial charge in [0.05, 0.1) is 18.7 Å². The topological polar surface area (TPSA) is 50.7 Å². The first-order valence-corrected chi connectivity index (χ1v) is 10.4. The number of nitrogens with one attached hydrogen (secondary N) is 1. The summed E-state index contributed by atoms with van der Waals surface area (Å²) in [5, 5.41) is 2.93. The molecule has 0 unspecified atom stereocenters. The molecule has 1 aliphatic carbocycles. The Morgan fingerprint density at radius 2 is 2.00 bits per heavy atom. The van der Waals surface area contributed by atoms with Crippen molar-refractivity contribution in [2.75, 3.05) is 13.0 Å². The Labute approximate surface area is 172 Å². The van der Waals surface area contributed by atoms with Crippen molar-refractivity contribution in [3.63, 3.8) is 0 Å². The molecule has 0 spiro atoms. The van der Waals surface area contributed by atoms with Crippen molar-refractivity contribution in [1.29, 1.82) is 0 Å². The van der Waals surface area contributed by atoms with Crippen LogP contribution in [0.4, 0.5) is 0 Å². The van der Waals surface area contributed by atoms with E-state index in [1.165, 1.54) is 11.1 Å². The van der Waals surface area contributed by atoms with Gasteiger partial charge in [-0.1, -0.05) is 49.4 Å². The first-order valence-electron chi connectivity index (χ1n) is 9.39. The fraction of sp³-hybridized carbons (Fsp3) is 0.304. The third-order valence-electron chi connectivity index (χ3n) is 4.33. The summed E-state index contributed by atoms with van der Waals surface area (Å²) in [7, 11) is 1.68. The highest BCUT2D eigenvalue weighted by Crippen LogP contribution is 2.29. The molecule has 0 heterocycles. The first kappa shape index (κ1) is 21.8. The molecular weight excluding hydrogens is 368 g/mol. The zero-order chi connectivity index (χ0) is 20.2. The van der Waals surface area contributed by atoms with Gasteiger partial charge in [0.1, 0.15) is 5.76 Å². The molecule has 0 aliphatic heterocycles. The van der Waals surface area contributed by atoms with Crippen LogP contribution in [0.15, 0.2) is 81.6 Å². The highest BCUT2D eigenvalue weighted by atomic mass is 32.2. The van der Waals surface area contributed by atoms with Crippen LogP contribution in [0.5, 0.6) is 0 Å². The van der Waals surface area contributed by atoms with Gasteiger partial charge in [-0.25, -0.2) is 0 Å². The summed E-state index contributed by atoms with van der Waals surface area (Å²) in [5.74, 6) is 1.44. The van der Waals surface area contributed by atoms with Gasteiger partial charge >= 0.3 is 0 Å². The molecule has 0 bridgehead atoms. The third kappa shape index (κ3) is 7.24. The number of methoxy groups -OCH3 is 1. The summed E-state index contributed by atoms with van der Waals surface area (Å²) in [4.78, 5) is 17.1. The Hall–Kier alpha value is -2.53. The maximum absolute atomic E-state index is 11.6. The highest BCUT2D eigenvalue weighted by molar-refractivity contribution is 8.03. The number of benzene rings is 1. The zero-order valence-corrected chi connectivity index (χ0v) is 17.4. The van der Waals surface area contributed by atoms with Gasteiger partial charge in [0.2, 0.25) is 5.91 Å². The van der Waals surface area contributed by atoms with Crippen LogP contribution in [-0.2, 0) is 16.0 Å². The van der Waals surface area contributed by atoms with Gasteiger partial charge in [-0.3, -0.25) is 9.79 Å². The van der Waals surface area contributed by atoms with Gasteiger partial charge in [-0.2, -0.15) is 0 Å². The Kier molecular flexibility index (Phi) is 9.35. The van der Waals surface area contributed by atoms with Crippen molar-refractivity contribution < 1.29 is 9.53 Å². The second-order valence-corrected chi connectivity index (χ2v) is 7.34. The van der Waals surface area contributed by atoms with E-state index in [1.54, 1.807) is 18.9 Å². The average Bonchev–Trinajstić information content (AvgIpc) is 2.97. The van der Waals surface area contributed by atoms with Gasteiger partial charge in [-0.05, 0) is 36.4 Å². The van der Waals surface area contributed by atoms with Crippen molar-refractivity contribution in [3.8, 4) is 0 Å². The number of carbonyl (C=O) groups is 1. The predicted octanol–water partition coefficient (Wildman–Crippen LogP) is 5.16. The summed E-state index contributed by atoms with van der Waals surface area (Å²) in [6.45, 7) is 5.66. The van der Waals surface area contributed by atoms with Crippen LogP contribution in [-0.4, -0.2) is 25.6 Å². The molecule has 0 saturated carbocycles. The Morgan fingerprint density at radius 3 is 2.68 bits per heavy atom. The molecule has 0 fully saturated rings. The largest absolute Gasteiger partial charge is 0.497 e. The second kappa shape index (κ2) is 12.0. The third-order valence-corrected chi connectivity index (χ3v) is 5.34. The molecule has 2 rings (SSSR count). The van der Waals surface area contributed by atoms with E-state index in [1.807, 2.05) is 37.3 Å². The minimum absolute atomic E-state index is 0.0484. The average molecular weight is 397 g/mol. The van der Waals surface area contributed by atoms with Gasteiger partial charge in [0, 0.05) is 24.2 Å². The van der Waals surface area contributed by atoms with Gasteiger partial charge in [0.15, 0.2) is 0 Å². The van der Waals surface area contributed by atoms with Crippen molar-refractivity contribution in [1.82, 2.24) is 5.32 Å². The summed E-state index contributed by atoms with van der Waals surface area (Å²) in [6, 6.07) is 10.3. The van der Waals surface area contributed by atoms with E-state index in [-0.39, 0.29) is 5.91 Å². The molecule has 1 amide bonds. The summed E-state index contributed by atoms with van der Waals surface area (Å²) < 4.78 is 5.31. The molecule has 5 heteroatoms. The maximum atomic E-state index is 11.6. The summed E-state index contributed by atoms with van der Waals surface area (Å²) >= 11 is 1.62. The molecule has 1 aromatic rings. The number of ether oxygens (including phenoxy) is 1. The monoisotopic (exact) mass is 396 g/mol. The number of aliphatic imine (C=N–C) groups is 1. The lowest BCUT2D eigenvalue weighted by molar-refractivity contribution is -0.120. The molecule has 28 heavy (non-hydrogen) atoms. The second-order valence-electron chi connectivity index (χ2n) is 6.27. The molecule has 0 radical (unpaired) electrons. The molecule has 1 N–H and O–H groups in total. The lowest BCUT2D eigenvalue weighted by Gasteiger charge is -2.13. The number of hydrogen-bond donors (Lipinski definition) is 1. The van der Waals surface area contributed by atoms with Crippen LogP contribution in [0.2, 0.25) is 0 Å². The van der Waals surface area contributed by atoms with Crippen LogP contribution in [0, 0.1) is 0 Å². The van der Waals surface area contributed by atoms with Crippen LogP contribution in [0.1, 0.15) is 31.7 Å². The number of rotatable bonds is 10. The van der Waals surface area contributed by atoms with E-state index in [0.717, 1.165) is 29.2 Å². The molecule has 4 nitrogen and oxygen atoms in total. The quantitative estimate of drug-likeness (QED) is 0.439. The van der Waals surface area contributed by atoms with E-state index < -0.39 is 0 Å². The molecule has 1 aromatic carbocycles. The smallest absolute Gasteiger partial charge is 0.220 e. The molecule has 0 saturated heterocycles. The minimum Gasteiger partial charge on any atom is -0.497 e. The highest BCUT2D eigenvalue weighted by Gasteiger charge is 2.11. The summed E-state index contributed by atoms with van der Waals surface area (Å²) in [5.41, 5.74) is 3.33. The Morgan fingerprint density at radius 1 is 1.21 bits per heavy atom. The SMILES string of the molecule is C=N/C(CC1=CCC=C(OC)C=C1)=C(/Cc1ccccc1)SCNC(=O)CC. The predicted molar refractivity (Wildman–Crippen MR) is 119 cm³/mol. The fourth-order valence-electron chi connectivity index (χ4n) is 2.72. The van der Waals surface area contributed by atoms with Crippen molar-refractivity contribution >= 4 is 24.4 Å². The Balaban J connectivity index is 2.19. The molecule has 148 valence electrons. The van der Waals surface area contributed by atoms with Gasteiger partial charge < -0.3 is 10.1 Å². The fourth-order valence-corrected chi connectivity index (χ4v) is 3.70. The lowest BCUT2D eigenvalue weighted by atomic mass is 10.1. The normalized spacial score (nSPS) is 14.4. The lowest BCUT2D eigenvalue weighted by Crippen LogP contribution is -2.21. The molecular formula is C23H28N2O2S. The molecule has 0 aromatic heterocycles. The van der Waals surface area contributed by atoms with Crippen LogP contribution < -0.4 is 5.32 Å². The molecule has 0 atom stereocenters. The standard InChI is InChI=1S/C23H28N2O2S/c1-4-23(26)25-17-28-22(16-18-9-6-5-7-10-18)21(24-2)15-19-11-8-12-20(27-3)14-13-19/h5-7,9-14H,2,4,8,15-17H2,1,3H3,(H,25,26)/b22-21-. The van der Waals surface area contributed by atoms with Crippen molar-refractivity contribution in [2.24, 2.45) is 4.99 Å². The van der Waals surface area contributed by atoms with E-state index in [2.05, 4.69) is 41.3 Å². The number of allylic oxidation sites excluding steroid dienone is 6. The van der Waals surface area contributed by atoms with Crippen LogP contribution in [0.3, 0.4) is 0 Å². The Bertz CT molecular complexity index is 792.